The molecule has 0 spiro atoms. The molecule has 2 rings (SSSR count). The van der Waals surface area contributed by atoms with Gasteiger partial charge in [-0.3, -0.25) is 4.90 Å². The van der Waals surface area contributed by atoms with Crippen LogP contribution in [0.5, 0.6) is 0 Å². The molecule has 1 unspecified atom stereocenters. The summed E-state index contributed by atoms with van der Waals surface area (Å²) in [5.74, 6) is 0. The van der Waals surface area contributed by atoms with Crippen LogP contribution in [0.2, 0.25) is 0 Å². The van der Waals surface area contributed by atoms with Gasteiger partial charge in [0.25, 0.3) is 0 Å². The Balaban J connectivity index is 2.00. The van der Waals surface area contributed by atoms with Crippen molar-refractivity contribution < 1.29 is 9.84 Å². The van der Waals surface area contributed by atoms with E-state index in [2.05, 4.69) is 18.7 Å². The Kier molecular flexibility index (Phi) is 5.49. The fourth-order valence-electron chi connectivity index (χ4n) is 4.04. The van der Waals surface area contributed by atoms with Crippen LogP contribution in [-0.4, -0.2) is 47.4 Å². The molecule has 1 aliphatic heterocycles. The summed E-state index contributed by atoms with van der Waals surface area (Å²) in [4.78, 5) is 2.62. The lowest BCUT2D eigenvalue weighted by atomic mass is 9.82. The van der Waals surface area contributed by atoms with E-state index in [-0.39, 0.29) is 17.2 Å². The van der Waals surface area contributed by atoms with Crippen LogP contribution in [0.1, 0.15) is 71.6 Å². The minimum absolute atomic E-state index is 0.0737. The van der Waals surface area contributed by atoms with Crippen molar-refractivity contribution in [2.75, 3.05) is 20.2 Å². The highest BCUT2D eigenvalue weighted by atomic mass is 16.5. The molecule has 20 heavy (non-hydrogen) atoms. The van der Waals surface area contributed by atoms with E-state index in [1.54, 1.807) is 7.11 Å². The van der Waals surface area contributed by atoms with E-state index in [0.29, 0.717) is 0 Å². The summed E-state index contributed by atoms with van der Waals surface area (Å²) in [6.45, 7) is 6.60. The second kappa shape index (κ2) is 6.76. The number of nitrogens with zero attached hydrogens (tertiary/aromatic N) is 1. The summed E-state index contributed by atoms with van der Waals surface area (Å²) in [7, 11) is 1.77. The van der Waals surface area contributed by atoms with Crippen molar-refractivity contribution in [3.8, 4) is 0 Å². The van der Waals surface area contributed by atoms with Gasteiger partial charge < -0.3 is 9.84 Å². The molecule has 1 saturated carbocycles. The van der Waals surface area contributed by atoms with Gasteiger partial charge in [-0.2, -0.15) is 0 Å². The number of methoxy groups -OCH3 is 1. The van der Waals surface area contributed by atoms with E-state index in [1.165, 1.54) is 58.0 Å². The number of ether oxygens (including phenoxy) is 1. The van der Waals surface area contributed by atoms with Gasteiger partial charge in [0.2, 0.25) is 0 Å². The average molecular weight is 283 g/mol. The molecule has 0 bridgehead atoms. The Morgan fingerprint density at radius 2 is 1.70 bits per heavy atom. The van der Waals surface area contributed by atoms with Crippen LogP contribution >= 0.6 is 0 Å². The first-order valence-corrected chi connectivity index (χ1v) is 8.48. The van der Waals surface area contributed by atoms with Gasteiger partial charge >= 0.3 is 0 Å². The van der Waals surface area contributed by atoms with Crippen molar-refractivity contribution in [2.45, 2.75) is 88.9 Å². The normalized spacial score (nSPS) is 25.8. The molecule has 1 atom stereocenters. The minimum Gasteiger partial charge on any atom is -0.391 e. The predicted molar refractivity (Wildman–Crippen MR) is 83.0 cm³/mol. The molecule has 0 aromatic carbocycles. The second-order valence-electron chi connectivity index (χ2n) is 7.38. The van der Waals surface area contributed by atoms with Crippen molar-refractivity contribution >= 4 is 0 Å². The van der Waals surface area contributed by atoms with Crippen molar-refractivity contribution in [3.63, 3.8) is 0 Å². The molecule has 3 heteroatoms. The maximum atomic E-state index is 10.9. The van der Waals surface area contributed by atoms with Crippen molar-refractivity contribution in [3.05, 3.63) is 0 Å². The molecule has 0 aromatic heterocycles. The summed E-state index contributed by atoms with van der Waals surface area (Å²) in [6.07, 6.45) is 10.5. The number of aliphatic hydroxyl groups is 1. The number of likely N-dealkylation sites (tertiary alicyclic amines) is 1. The number of hydrogen-bond acceptors (Lipinski definition) is 3. The fourth-order valence-corrected chi connectivity index (χ4v) is 4.04. The summed E-state index contributed by atoms with van der Waals surface area (Å²) in [6, 6.07) is 0. The Bertz CT molecular complexity index is 291. The summed E-state index contributed by atoms with van der Waals surface area (Å²) < 4.78 is 5.50. The number of hydrogen-bond donors (Lipinski definition) is 1. The van der Waals surface area contributed by atoms with E-state index in [9.17, 15) is 5.11 Å². The first kappa shape index (κ1) is 16.3. The molecular weight excluding hydrogens is 250 g/mol. The summed E-state index contributed by atoms with van der Waals surface area (Å²) in [5, 5.41) is 10.9. The lowest BCUT2D eigenvalue weighted by molar-refractivity contribution is -0.0582. The van der Waals surface area contributed by atoms with Gasteiger partial charge in [-0.05, 0) is 65.5 Å². The largest absolute Gasteiger partial charge is 0.391 e. The second-order valence-corrected chi connectivity index (χ2v) is 7.38. The molecule has 1 aliphatic carbocycles. The highest BCUT2D eigenvalue weighted by Crippen LogP contribution is 2.41. The van der Waals surface area contributed by atoms with E-state index < -0.39 is 0 Å². The van der Waals surface area contributed by atoms with Gasteiger partial charge in [-0.15, -0.1) is 0 Å². The Hall–Kier alpha value is -0.120. The molecule has 0 radical (unpaired) electrons. The van der Waals surface area contributed by atoms with Gasteiger partial charge in [0, 0.05) is 12.6 Å². The van der Waals surface area contributed by atoms with Gasteiger partial charge in [-0.1, -0.05) is 19.3 Å². The number of piperidine rings is 1. The van der Waals surface area contributed by atoms with Gasteiger partial charge in [0.1, 0.15) is 0 Å². The maximum absolute atomic E-state index is 10.9. The summed E-state index contributed by atoms with van der Waals surface area (Å²) >= 11 is 0. The third-order valence-electron chi connectivity index (χ3n) is 5.65. The van der Waals surface area contributed by atoms with Crippen LogP contribution in [0.4, 0.5) is 0 Å². The lowest BCUT2D eigenvalue weighted by Crippen LogP contribution is -2.56. The molecule has 0 amide bonds. The van der Waals surface area contributed by atoms with Crippen LogP contribution in [0, 0.1) is 0 Å². The average Bonchev–Trinajstić information content (AvgIpc) is 2.97. The van der Waals surface area contributed by atoms with Gasteiger partial charge in [0.15, 0.2) is 0 Å². The topological polar surface area (TPSA) is 32.7 Å². The Morgan fingerprint density at radius 1 is 1.10 bits per heavy atom. The minimum atomic E-state index is -0.197. The third-order valence-corrected chi connectivity index (χ3v) is 5.65. The molecule has 1 saturated heterocycles. The van der Waals surface area contributed by atoms with Crippen LogP contribution in [-0.2, 0) is 4.74 Å². The van der Waals surface area contributed by atoms with Crippen LogP contribution in [0.3, 0.4) is 0 Å². The van der Waals surface area contributed by atoms with E-state index >= 15 is 0 Å². The van der Waals surface area contributed by atoms with Crippen molar-refractivity contribution in [2.24, 2.45) is 0 Å². The predicted octanol–water partition coefficient (Wildman–Crippen LogP) is 3.35. The fraction of sp³-hybridized carbons (Fsp3) is 1.00. The van der Waals surface area contributed by atoms with Gasteiger partial charge in [-0.25, -0.2) is 0 Å². The lowest BCUT2D eigenvalue weighted by Gasteiger charge is -2.47. The highest BCUT2D eigenvalue weighted by Gasteiger charge is 2.45. The molecule has 1 N–H and O–H groups in total. The smallest absolute Gasteiger partial charge is 0.0724 e. The number of rotatable bonds is 6. The van der Waals surface area contributed by atoms with E-state index in [4.69, 9.17) is 4.74 Å². The zero-order chi connectivity index (χ0) is 14.6. The Labute approximate surface area is 124 Å². The zero-order valence-electron chi connectivity index (χ0n) is 13.7. The maximum Gasteiger partial charge on any atom is 0.0724 e. The molecule has 0 aromatic rings. The SMILES string of the molecule is COC(C)(C)CCC(O)C1(N2CCCCC2)CCCC1. The first-order chi connectivity index (χ1) is 9.50. The quantitative estimate of drug-likeness (QED) is 0.811. The van der Waals surface area contributed by atoms with Crippen molar-refractivity contribution in [1.29, 1.82) is 0 Å². The molecule has 118 valence electrons. The zero-order valence-corrected chi connectivity index (χ0v) is 13.7. The van der Waals surface area contributed by atoms with E-state index in [0.717, 1.165) is 12.8 Å². The third kappa shape index (κ3) is 3.55. The monoisotopic (exact) mass is 283 g/mol. The Morgan fingerprint density at radius 3 is 2.25 bits per heavy atom. The number of aliphatic hydroxyl groups excluding tert-OH is 1. The van der Waals surface area contributed by atoms with Crippen LogP contribution in [0.15, 0.2) is 0 Å². The van der Waals surface area contributed by atoms with Gasteiger partial charge in [0.05, 0.1) is 11.7 Å². The molecular formula is C17H33NO2. The standard InChI is InChI=1S/C17H33NO2/c1-16(2,20-3)12-9-15(19)17(10-5-6-11-17)18-13-7-4-8-14-18/h15,19H,4-14H2,1-3H3. The molecule has 1 heterocycles. The van der Waals surface area contributed by atoms with Crippen molar-refractivity contribution in [1.82, 2.24) is 4.90 Å². The summed E-state index contributed by atoms with van der Waals surface area (Å²) in [5.41, 5.74) is -0.0487. The van der Waals surface area contributed by atoms with Crippen LogP contribution in [0.25, 0.3) is 0 Å². The molecule has 2 aliphatic rings. The van der Waals surface area contributed by atoms with E-state index in [1.807, 2.05) is 0 Å². The van der Waals surface area contributed by atoms with Crippen LogP contribution < -0.4 is 0 Å². The first-order valence-electron chi connectivity index (χ1n) is 8.48. The molecule has 3 nitrogen and oxygen atoms in total. The molecule has 2 fully saturated rings. The highest BCUT2D eigenvalue weighted by molar-refractivity contribution is 5.01.